The molecule has 0 aliphatic rings. The van der Waals surface area contributed by atoms with Crippen molar-refractivity contribution in [3.05, 3.63) is 12.8 Å². The maximum absolute atomic E-state index is 4.95. The van der Waals surface area contributed by atoms with Crippen LogP contribution in [-0.2, 0) is 0 Å². The maximum Gasteiger partial charge on any atom is 0.287 e. The summed E-state index contributed by atoms with van der Waals surface area (Å²) in [6.45, 7) is 3.49. The highest BCUT2D eigenvalue weighted by Gasteiger charge is 1.76. The third-order valence-corrected chi connectivity index (χ3v) is 0.623. The van der Waals surface area contributed by atoms with Crippen LogP contribution in [-0.4, -0.2) is 24.3 Å². The molecule has 44 valence electrons. The Labute approximate surface area is 48.8 Å². The Kier molecular flexibility index (Phi) is 3.48. The molecule has 0 aliphatic heterocycles. The van der Waals surface area contributed by atoms with Crippen LogP contribution in [0.2, 0.25) is 0 Å². The summed E-state index contributed by atoms with van der Waals surface area (Å²) in [6, 6.07) is 0. The van der Waals surface area contributed by atoms with Crippen molar-refractivity contribution in [2.45, 2.75) is 0 Å². The number of hydrogen-bond donors (Lipinski definition) is 1. The molecule has 0 bridgehead atoms. The summed E-state index contributed by atoms with van der Waals surface area (Å²) < 4.78 is 1.70. The molecule has 0 saturated carbocycles. The smallest absolute Gasteiger partial charge is 0.287 e. The zero-order valence-electron chi connectivity index (χ0n) is 4.91. The molecule has 3 heteroatoms. The highest BCUT2D eigenvalue weighted by Crippen LogP contribution is 1.62. The topological polar surface area (TPSA) is 41.4 Å². The van der Waals surface area contributed by atoms with Gasteiger partial charge in [-0.2, -0.15) is 0 Å². The third kappa shape index (κ3) is 3.08. The normalized spacial score (nSPS) is 12.4. The largest absolute Gasteiger partial charge is 0.369 e. The van der Waals surface area contributed by atoms with E-state index in [-0.39, 0.29) is 0 Å². The molecule has 0 atom stereocenters. The number of hydrogen-bond acceptors (Lipinski definition) is 0. The van der Waals surface area contributed by atoms with Crippen LogP contribution in [0.5, 0.6) is 0 Å². The average Bonchev–Trinajstić information content (AvgIpc) is 1.83. The Morgan fingerprint density at radius 1 is 1.75 bits per heavy atom. The summed E-state index contributed by atoms with van der Waals surface area (Å²) in [4.78, 5) is 3.62. The van der Waals surface area contributed by atoms with Gasteiger partial charge in [0.05, 0.1) is 13.2 Å². The van der Waals surface area contributed by atoms with Gasteiger partial charge in [-0.05, 0) is 4.99 Å². The molecule has 0 aliphatic carbocycles. The summed E-state index contributed by atoms with van der Waals surface area (Å²) in [5.41, 5.74) is 4.95. The van der Waals surface area contributed by atoms with Gasteiger partial charge in [0.25, 0.3) is 6.34 Å². The Hall–Kier alpha value is -1.12. The third-order valence-electron chi connectivity index (χ3n) is 0.623. The molecule has 0 aromatic carbocycles. The van der Waals surface area contributed by atoms with Gasteiger partial charge in [-0.3, -0.25) is 0 Å². The molecule has 0 spiro atoms. The van der Waals surface area contributed by atoms with Crippen molar-refractivity contribution in [2.75, 3.05) is 7.05 Å². The minimum Gasteiger partial charge on any atom is -0.369 e. The van der Waals surface area contributed by atoms with Gasteiger partial charge in [-0.1, -0.05) is 6.58 Å². The van der Waals surface area contributed by atoms with Crippen molar-refractivity contribution in [2.24, 2.45) is 10.7 Å². The molecule has 0 rings (SSSR count). The van der Waals surface area contributed by atoms with E-state index in [0.717, 1.165) is 0 Å². The molecule has 0 heterocycles. The lowest BCUT2D eigenvalue weighted by Gasteiger charge is -1.78. The van der Waals surface area contributed by atoms with Crippen molar-refractivity contribution >= 4 is 12.7 Å². The quantitative estimate of drug-likeness (QED) is 0.299. The zero-order valence-corrected chi connectivity index (χ0v) is 4.91. The lowest BCUT2D eigenvalue weighted by Crippen LogP contribution is -1.96. The standard InChI is InChI=1S/C5H9N3/c1-3-8(2)5-7-4-6/h3-6H,1H2,2H3/p+1. The van der Waals surface area contributed by atoms with Crippen molar-refractivity contribution in [1.29, 1.82) is 0 Å². The maximum atomic E-state index is 4.95. The van der Waals surface area contributed by atoms with Crippen LogP contribution in [0.1, 0.15) is 0 Å². The number of nitrogens with zero attached hydrogens (tertiary/aromatic N) is 2. The minimum absolute atomic E-state index is 1.22. The van der Waals surface area contributed by atoms with Gasteiger partial charge < -0.3 is 5.73 Å². The first-order chi connectivity index (χ1) is 3.81. The monoisotopic (exact) mass is 112 g/mol. The van der Waals surface area contributed by atoms with Gasteiger partial charge in [0.1, 0.15) is 0 Å². The predicted molar refractivity (Wildman–Crippen MR) is 35.1 cm³/mol. The molecule has 0 amide bonds. The Balaban J connectivity index is 3.74. The SMILES string of the molecule is C=C/[N+](C)=C\N=C/N. The second-order valence-corrected chi connectivity index (χ2v) is 1.26. The molecule has 0 fully saturated rings. The van der Waals surface area contributed by atoms with Crippen molar-refractivity contribution < 1.29 is 4.58 Å². The van der Waals surface area contributed by atoms with Gasteiger partial charge in [0.15, 0.2) is 0 Å². The summed E-state index contributed by atoms with van der Waals surface area (Å²) in [7, 11) is 1.82. The van der Waals surface area contributed by atoms with Crippen LogP contribution in [0.3, 0.4) is 0 Å². The van der Waals surface area contributed by atoms with Crippen LogP contribution in [0.4, 0.5) is 0 Å². The van der Waals surface area contributed by atoms with E-state index in [9.17, 15) is 0 Å². The first kappa shape index (κ1) is 6.88. The molecular weight excluding hydrogens is 102 g/mol. The molecule has 0 unspecified atom stereocenters. The summed E-state index contributed by atoms with van der Waals surface area (Å²) in [6.07, 6.45) is 4.42. The molecule has 0 radical (unpaired) electrons. The van der Waals surface area contributed by atoms with Crippen LogP contribution < -0.4 is 5.73 Å². The van der Waals surface area contributed by atoms with E-state index in [2.05, 4.69) is 11.6 Å². The van der Waals surface area contributed by atoms with Crippen LogP contribution in [0.15, 0.2) is 17.8 Å². The fourth-order valence-electron chi connectivity index (χ4n) is 0.191. The Morgan fingerprint density at radius 2 is 2.38 bits per heavy atom. The first-order valence-electron chi connectivity index (χ1n) is 2.22. The zero-order chi connectivity index (χ0) is 6.41. The van der Waals surface area contributed by atoms with Crippen molar-refractivity contribution in [3.8, 4) is 0 Å². The van der Waals surface area contributed by atoms with Crippen LogP contribution in [0.25, 0.3) is 0 Å². The van der Waals surface area contributed by atoms with E-state index in [1.165, 1.54) is 6.34 Å². The molecule has 3 nitrogen and oxygen atoms in total. The molecule has 0 saturated heterocycles. The van der Waals surface area contributed by atoms with E-state index in [1.807, 2.05) is 7.05 Å². The van der Waals surface area contributed by atoms with Crippen LogP contribution >= 0.6 is 0 Å². The lowest BCUT2D eigenvalue weighted by atomic mass is 10.9. The lowest BCUT2D eigenvalue weighted by molar-refractivity contribution is -0.417. The second kappa shape index (κ2) is 4.05. The second-order valence-electron chi connectivity index (χ2n) is 1.26. The number of rotatable bonds is 2. The van der Waals surface area contributed by atoms with Gasteiger partial charge in [0, 0.05) is 0 Å². The van der Waals surface area contributed by atoms with Gasteiger partial charge >= 0.3 is 0 Å². The molecule has 8 heavy (non-hydrogen) atoms. The summed E-state index contributed by atoms with van der Waals surface area (Å²) in [5.74, 6) is 0. The molecular formula is C5H10N3+. The first-order valence-corrected chi connectivity index (χ1v) is 2.22. The fourth-order valence-corrected chi connectivity index (χ4v) is 0.191. The van der Waals surface area contributed by atoms with E-state index >= 15 is 0 Å². The minimum atomic E-state index is 1.22. The van der Waals surface area contributed by atoms with Crippen molar-refractivity contribution in [1.82, 2.24) is 0 Å². The van der Waals surface area contributed by atoms with E-state index in [1.54, 1.807) is 17.1 Å². The fraction of sp³-hybridized carbons (Fsp3) is 0.200. The average molecular weight is 112 g/mol. The highest BCUT2D eigenvalue weighted by molar-refractivity contribution is 5.66. The van der Waals surface area contributed by atoms with E-state index in [4.69, 9.17) is 5.73 Å². The van der Waals surface area contributed by atoms with Gasteiger partial charge in [-0.25, -0.2) is 4.58 Å². The number of aliphatic imine (C=N–C) groups is 1. The van der Waals surface area contributed by atoms with E-state index < -0.39 is 0 Å². The predicted octanol–water partition coefficient (Wildman–Crippen LogP) is -0.212. The van der Waals surface area contributed by atoms with Gasteiger partial charge in [0.2, 0.25) is 6.34 Å². The van der Waals surface area contributed by atoms with E-state index in [0.29, 0.717) is 0 Å². The van der Waals surface area contributed by atoms with Crippen LogP contribution in [0, 0.1) is 0 Å². The molecule has 0 aromatic heterocycles. The Bertz CT molecular complexity index is 124. The highest BCUT2D eigenvalue weighted by atomic mass is 15.0. The molecule has 0 aromatic rings. The summed E-state index contributed by atoms with van der Waals surface area (Å²) >= 11 is 0. The van der Waals surface area contributed by atoms with Gasteiger partial charge in [-0.15, -0.1) is 0 Å². The summed E-state index contributed by atoms with van der Waals surface area (Å²) in [5, 5.41) is 0. The van der Waals surface area contributed by atoms with Crippen molar-refractivity contribution in [3.63, 3.8) is 0 Å². The molecule has 2 N–H and O–H groups in total. The number of nitrogens with two attached hydrogens (primary N) is 1. The Morgan fingerprint density at radius 3 is 2.75 bits per heavy atom.